The van der Waals surface area contributed by atoms with Gasteiger partial charge in [-0.25, -0.2) is 4.79 Å². The van der Waals surface area contributed by atoms with Gasteiger partial charge in [0.1, 0.15) is 6.04 Å². The zero-order valence-corrected chi connectivity index (χ0v) is 16.1. The van der Waals surface area contributed by atoms with Crippen molar-refractivity contribution in [2.75, 3.05) is 6.61 Å². The van der Waals surface area contributed by atoms with Crippen molar-refractivity contribution in [3.05, 3.63) is 36.0 Å². The maximum Gasteiger partial charge on any atom is 0.328 e. The van der Waals surface area contributed by atoms with Gasteiger partial charge in [-0.3, -0.25) is 4.79 Å². The molecule has 6 heteroatoms. The second kappa shape index (κ2) is 8.85. The number of quaternary nitrogens is 1. The van der Waals surface area contributed by atoms with Crippen molar-refractivity contribution in [3.63, 3.8) is 0 Å². The Morgan fingerprint density at radius 3 is 2.62 bits per heavy atom. The minimum atomic E-state index is -0.718. The van der Waals surface area contributed by atoms with Gasteiger partial charge in [0.25, 0.3) is 5.91 Å². The van der Waals surface area contributed by atoms with E-state index < -0.39 is 12.0 Å². The van der Waals surface area contributed by atoms with Crippen LogP contribution in [0.3, 0.4) is 0 Å². The van der Waals surface area contributed by atoms with Gasteiger partial charge in [0.05, 0.1) is 6.61 Å². The summed E-state index contributed by atoms with van der Waals surface area (Å²) in [5, 5.41) is 3.92. The minimum Gasteiger partial charge on any atom is -0.464 e. The molecule has 0 fully saturated rings. The van der Waals surface area contributed by atoms with E-state index in [4.69, 9.17) is 4.74 Å². The molecule has 0 aliphatic heterocycles. The highest BCUT2D eigenvalue weighted by Gasteiger charge is 2.28. The SMILES string of the molecule is CCOC(=O)[C@@H](Cc1cn(C)c2ccccc12)NC(=O)[C@@H]([NH3+])CC(C)C. The summed E-state index contributed by atoms with van der Waals surface area (Å²) in [5.74, 6) is -0.259. The minimum absolute atomic E-state index is 0.211. The van der Waals surface area contributed by atoms with Crippen LogP contribution in [0, 0.1) is 5.92 Å². The predicted molar refractivity (Wildman–Crippen MR) is 101 cm³/mol. The lowest BCUT2D eigenvalue weighted by Crippen LogP contribution is -2.69. The number of benzene rings is 1. The molecule has 0 saturated carbocycles. The van der Waals surface area contributed by atoms with Crippen molar-refractivity contribution in [2.24, 2.45) is 13.0 Å². The first-order valence-electron chi connectivity index (χ1n) is 9.16. The number of hydrogen-bond donors (Lipinski definition) is 2. The average Bonchev–Trinajstić information content (AvgIpc) is 2.90. The molecule has 26 heavy (non-hydrogen) atoms. The summed E-state index contributed by atoms with van der Waals surface area (Å²) in [6.07, 6.45) is 3.06. The number of nitrogens with zero attached hydrogens (tertiary/aromatic N) is 1. The third-order valence-corrected chi connectivity index (χ3v) is 4.42. The van der Waals surface area contributed by atoms with E-state index in [0.29, 0.717) is 18.8 Å². The number of aromatic nitrogens is 1. The van der Waals surface area contributed by atoms with E-state index >= 15 is 0 Å². The molecule has 142 valence electrons. The highest BCUT2D eigenvalue weighted by Crippen LogP contribution is 2.22. The molecule has 0 saturated heterocycles. The summed E-state index contributed by atoms with van der Waals surface area (Å²) in [4.78, 5) is 24.9. The van der Waals surface area contributed by atoms with E-state index in [2.05, 4.69) is 11.1 Å². The molecule has 1 heterocycles. The predicted octanol–water partition coefficient (Wildman–Crippen LogP) is 1.43. The maximum atomic E-state index is 12.5. The third-order valence-electron chi connectivity index (χ3n) is 4.42. The third kappa shape index (κ3) is 4.85. The number of ether oxygens (including phenoxy) is 1. The quantitative estimate of drug-likeness (QED) is 0.698. The smallest absolute Gasteiger partial charge is 0.328 e. The van der Waals surface area contributed by atoms with Gasteiger partial charge in [-0.1, -0.05) is 32.0 Å². The van der Waals surface area contributed by atoms with Gasteiger partial charge >= 0.3 is 5.97 Å². The fourth-order valence-electron chi connectivity index (χ4n) is 3.21. The highest BCUT2D eigenvalue weighted by atomic mass is 16.5. The molecular weight excluding hydrogens is 330 g/mol. The molecule has 1 aromatic carbocycles. The van der Waals surface area contributed by atoms with Crippen LogP contribution in [0.15, 0.2) is 30.5 Å². The fraction of sp³-hybridized carbons (Fsp3) is 0.500. The van der Waals surface area contributed by atoms with E-state index in [0.717, 1.165) is 16.5 Å². The Hall–Kier alpha value is -2.34. The van der Waals surface area contributed by atoms with Crippen molar-refractivity contribution >= 4 is 22.8 Å². The standard InChI is InChI=1S/C20H29N3O3/c1-5-26-20(25)17(22-19(24)16(21)10-13(2)3)11-14-12-23(4)18-9-7-6-8-15(14)18/h6-9,12-13,16-17H,5,10-11,21H2,1-4H3,(H,22,24)/p+1/t16-,17+/m0/s1. The van der Waals surface area contributed by atoms with Crippen LogP contribution in [0.2, 0.25) is 0 Å². The number of carbonyl (C=O) groups is 2. The lowest BCUT2D eigenvalue weighted by molar-refractivity contribution is -0.406. The number of rotatable bonds is 8. The number of fused-ring (bicyclic) bond motifs is 1. The number of para-hydroxylation sites is 1. The Morgan fingerprint density at radius 1 is 1.27 bits per heavy atom. The topological polar surface area (TPSA) is 88.0 Å². The van der Waals surface area contributed by atoms with Crippen LogP contribution in [-0.4, -0.2) is 35.1 Å². The molecule has 2 atom stereocenters. The van der Waals surface area contributed by atoms with Crippen LogP contribution in [0.25, 0.3) is 10.9 Å². The summed E-state index contributed by atoms with van der Waals surface area (Å²) in [6, 6.07) is 6.90. The molecule has 4 N–H and O–H groups in total. The Bertz CT molecular complexity index is 767. The first-order valence-corrected chi connectivity index (χ1v) is 9.16. The Morgan fingerprint density at radius 2 is 1.96 bits per heavy atom. The van der Waals surface area contributed by atoms with Gasteiger partial charge in [0.2, 0.25) is 0 Å². The van der Waals surface area contributed by atoms with E-state index in [1.165, 1.54) is 0 Å². The largest absolute Gasteiger partial charge is 0.464 e. The Balaban J connectivity index is 2.21. The maximum absolute atomic E-state index is 12.5. The van der Waals surface area contributed by atoms with Gasteiger partial charge < -0.3 is 20.4 Å². The second-order valence-corrected chi connectivity index (χ2v) is 7.13. The molecule has 1 aromatic heterocycles. The second-order valence-electron chi connectivity index (χ2n) is 7.13. The van der Waals surface area contributed by atoms with Gasteiger partial charge in [0.15, 0.2) is 6.04 Å². The monoisotopic (exact) mass is 360 g/mol. The molecular formula is C20H30N3O3+. The van der Waals surface area contributed by atoms with Gasteiger partial charge in [-0.2, -0.15) is 0 Å². The first-order chi connectivity index (χ1) is 12.3. The number of nitrogens with one attached hydrogen (secondary N) is 1. The number of amides is 1. The van der Waals surface area contributed by atoms with Crippen molar-refractivity contribution in [1.82, 2.24) is 9.88 Å². The van der Waals surface area contributed by atoms with E-state index in [1.54, 1.807) is 6.92 Å². The van der Waals surface area contributed by atoms with Crippen LogP contribution < -0.4 is 11.1 Å². The normalized spacial score (nSPS) is 13.6. The number of carbonyl (C=O) groups excluding carboxylic acids is 2. The molecule has 1 amide bonds. The van der Waals surface area contributed by atoms with Crippen molar-refractivity contribution in [3.8, 4) is 0 Å². The van der Waals surface area contributed by atoms with Gasteiger partial charge in [-0.05, 0) is 24.5 Å². The molecule has 2 aromatic rings. The molecule has 0 unspecified atom stereocenters. The Kier molecular flexibility index (Phi) is 6.80. The lowest BCUT2D eigenvalue weighted by atomic mass is 10.0. The molecule has 0 aliphatic rings. The lowest BCUT2D eigenvalue weighted by Gasteiger charge is -2.19. The zero-order valence-electron chi connectivity index (χ0n) is 16.1. The molecule has 0 bridgehead atoms. The first kappa shape index (κ1) is 20.0. The number of hydrogen-bond acceptors (Lipinski definition) is 3. The van der Waals surface area contributed by atoms with Crippen molar-refractivity contribution in [2.45, 2.75) is 45.7 Å². The molecule has 2 rings (SSSR count). The average molecular weight is 360 g/mol. The summed E-state index contributed by atoms with van der Waals surface area (Å²) >= 11 is 0. The van der Waals surface area contributed by atoms with E-state index in [9.17, 15) is 9.59 Å². The van der Waals surface area contributed by atoms with Crippen LogP contribution in [0.1, 0.15) is 32.8 Å². The summed E-state index contributed by atoms with van der Waals surface area (Å²) < 4.78 is 7.20. The van der Waals surface area contributed by atoms with Crippen molar-refractivity contribution < 1.29 is 20.1 Å². The molecule has 0 spiro atoms. The van der Waals surface area contributed by atoms with Gasteiger partial charge in [-0.15, -0.1) is 0 Å². The Labute approximate surface area is 154 Å². The number of aryl methyl sites for hydroxylation is 1. The highest BCUT2D eigenvalue weighted by molar-refractivity contribution is 5.88. The van der Waals surface area contributed by atoms with E-state index in [1.807, 2.05) is 55.9 Å². The number of esters is 1. The van der Waals surface area contributed by atoms with Crippen molar-refractivity contribution in [1.29, 1.82) is 0 Å². The van der Waals surface area contributed by atoms with Crippen LogP contribution in [0.4, 0.5) is 0 Å². The summed E-state index contributed by atoms with van der Waals surface area (Å²) in [7, 11) is 1.97. The van der Waals surface area contributed by atoms with Gasteiger partial charge in [0, 0.05) is 37.0 Å². The van der Waals surface area contributed by atoms with Crippen LogP contribution in [0.5, 0.6) is 0 Å². The van der Waals surface area contributed by atoms with Crippen LogP contribution >= 0.6 is 0 Å². The van der Waals surface area contributed by atoms with E-state index in [-0.39, 0.29) is 18.6 Å². The molecule has 0 aliphatic carbocycles. The summed E-state index contributed by atoms with van der Waals surface area (Å²) in [6.45, 7) is 6.13. The van der Waals surface area contributed by atoms with Crippen LogP contribution in [-0.2, 0) is 27.8 Å². The summed E-state index contributed by atoms with van der Waals surface area (Å²) in [5.41, 5.74) is 6.02. The fourth-order valence-corrected chi connectivity index (χ4v) is 3.21. The zero-order chi connectivity index (χ0) is 19.3. The molecule has 6 nitrogen and oxygen atoms in total. The molecule has 0 radical (unpaired) electrons.